The van der Waals surface area contributed by atoms with Gasteiger partial charge in [0.2, 0.25) is 10.9 Å². The number of benzene rings is 2. The molecule has 0 fully saturated rings. The van der Waals surface area contributed by atoms with Gasteiger partial charge in [0.05, 0.1) is 27.8 Å². The monoisotopic (exact) mass is 660 g/mol. The number of nitrogens with two attached hydrogens (primary N) is 1. The van der Waals surface area contributed by atoms with E-state index in [1.165, 1.54) is 18.5 Å². The highest BCUT2D eigenvalue weighted by atomic mass is 35.5. The maximum atomic E-state index is 13.9. The molecule has 236 valence electrons. The Morgan fingerprint density at radius 2 is 1.89 bits per heavy atom. The fourth-order valence-corrected chi connectivity index (χ4v) is 5.50. The lowest BCUT2D eigenvalue weighted by atomic mass is 10.0. The summed E-state index contributed by atoms with van der Waals surface area (Å²) in [6, 6.07) is 15.5. The van der Waals surface area contributed by atoms with Crippen LogP contribution in [0.2, 0.25) is 5.02 Å². The molecular formula is C32H30ClFN8O3S. The molecule has 3 aromatic heterocycles. The number of halogens is 2. The maximum absolute atomic E-state index is 13.9. The van der Waals surface area contributed by atoms with Crippen LogP contribution in [0.4, 0.5) is 16.0 Å². The molecule has 0 spiro atoms. The number of anilines is 2. The third-order valence-corrected chi connectivity index (χ3v) is 7.90. The van der Waals surface area contributed by atoms with E-state index in [0.717, 1.165) is 18.2 Å². The van der Waals surface area contributed by atoms with Gasteiger partial charge in [0.1, 0.15) is 40.9 Å². The number of aromatic nitrogens is 5. The van der Waals surface area contributed by atoms with Crippen LogP contribution >= 0.6 is 11.6 Å². The number of rotatable bonds is 11. The summed E-state index contributed by atoms with van der Waals surface area (Å²) in [5.74, 6) is 6.45. The zero-order valence-corrected chi connectivity index (χ0v) is 26.4. The third kappa shape index (κ3) is 8.02. The van der Waals surface area contributed by atoms with E-state index < -0.39 is 16.7 Å². The molecule has 1 atom stereocenters. The number of nitrogen functional groups attached to an aromatic ring is 1. The van der Waals surface area contributed by atoms with Crippen molar-refractivity contribution in [1.29, 1.82) is 0 Å². The van der Waals surface area contributed by atoms with E-state index in [1.807, 2.05) is 31.2 Å². The van der Waals surface area contributed by atoms with Crippen molar-refractivity contribution in [3.63, 3.8) is 0 Å². The molecule has 1 unspecified atom stereocenters. The van der Waals surface area contributed by atoms with E-state index in [-0.39, 0.29) is 17.3 Å². The molecule has 0 saturated heterocycles. The standard InChI is InChI=1S/C32H30ClFN8O3S/c1-20(17-40-46(44)45)8-9-21-4-2-5-24(16-21)42-28(41-27-7-3-6-26(33)29(27)32(42)43)14-15-36-31-25(30(35)38-19-39-31)13-12-23-11-10-22(34)18-37-23/h2-7,10-11,16,18-20,46H,8-9,14-15,17H2,1H3,(H,40,44,45)(H3,35,36,38,39). The number of aryl methyl sites for hydroxylation is 1. The van der Waals surface area contributed by atoms with Gasteiger partial charge in [-0.1, -0.05) is 42.6 Å². The summed E-state index contributed by atoms with van der Waals surface area (Å²) < 4.78 is 39.0. The van der Waals surface area contributed by atoms with Crippen molar-refractivity contribution in [1.82, 2.24) is 29.2 Å². The van der Waals surface area contributed by atoms with Gasteiger partial charge in [0.25, 0.3) is 5.56 Å². The Hall–Kier alpha value is -4.90. The second kappa shape index (κ2) is 14.9. The Bertz CT molecular complexity index is 2070. The molecule has 46 heavy (non-hydrogen) atoms. The van der Waals surface area contributed by atoms with Crippen LogP contribution in [0.15, 0.2) is 71.9 Å². The van der Waals surface area contributed by atoms with Crippen LogP contribution < -0.4 is 21.3 Å². The van der Waals surface area contributed by atoms with Crippen molar-refractivity contribution < 1.29 is 12.8 Å². The highest BCUT2D eigenvalue weighted by molar-refractivity contribution is 7.70. The topological polar surface area (TPSA) is 158 Å². The van der Waals surface area contributed by atoms with Crippen LogP contribution in [0, 0.1) is 23.6 Å². The van der Waals surface area contributed by atoms with Gasteiger partial charge in [0.15, 0.2) is 0 Å². The molecule has 5 rings (SSSR count). The number of hydrogen-bond donors (Lipinski definition) is 4. The van der Waals surface area contributed by atoms with Gasteiger partial charge in [-0.05, 0) is 66.6 Å². The first-order chi connectivity index (χ1) is 22.2. The van der Waals surface area contributed by atoms with Crippen LogP contribution in [0.3, 0.4) is 0 Å². The third-order valence-electron chi connectivity index (χ3n) is 7.14. The van der Waals surface area contributed by atoms with Crippen LogP contribution in [0.5, 0.6) is 0 Å². The normalized spacial score (nSPS) is 11.7. The molecular weight excluding hydrogens is 631 g/mol. The number of hydrogen-bond acceptors (Lipinski definition) is 9. The molecule has 0 aliphatic carbocycles. The van der Waals surface area contributed by atoms with Crippen molar-refractivity contribution in [2.24, 2.45) is 5.92 Å². The van der Waals surface area contributed by atoms with Crippen molar-refractivity contribution in [2.45, 2.75) is 26.2 Å². The van der Waals surface area contributed by atoms with Gasteiger partial charge in [-0.3, -0.25) is 9.36 Å². The Balaban J connectivity index is 1.43. The van der Waals surface area contributed by atoms with Gasteiger partial charge < -0.3 is 11.1 Å². The molecule has 2 aromatic carbocycles. The van der Waals surface area contributed by atoms with E-state index in [9.17, 15) is 17.6 Å². The Morgan fingerprint density at radius 3 is 2.67 bits per heavy atom. The summed E-state index contributed by atoms with van der Waals surface area (Å²) in [7, 11) is -2.64. The summed E-state index contributed by atoms with van der Waals surface area (Å²) in [5.41, 5.74) is 8.59. The van der Waals surface area contributed by atoms with Crippen LogP contribution in [0.1, 0.15) is 36.0 Å². The highest BCUT2D eigenvalue weighted by Crippen LogP contribution is 2.22. The fourth-order valence-electron chi connectivity index (χ4n) is 4.79. The lowest BCUT2D eigenvalue weighted by Gasteiger charge is -2.16. The zero-order valence-electron chi connectivity index (χ0n) is 24.7. The molecule has 4 N–H and O–H groups in total. The number of pyridine rings is 1. The number of fused-ring (bicyclic) bond motifs is 1. The van der Waals surface area contributed by atoms with Crippen molar-refractivity contribution >= 4 is 45.0 Å². The van der Waals surface area contributed by atoms with E-state index in [1.54, 1.807) is 22.8 Å². The number of nitrogens with zero attached hydrogens (tertiary/aromatic N) is 5. The van der Waals surface area contributed by atoms with Gasteiger partial charge >= 0.3 is 0 Å². The number of nitrogens with one attached hydrogen (secondary N) is 2. The highest BCUT2D eigenvalue weighted by Gasteiger charge is 2.16. The second-order valence-corrected chi connectivity index (χ2v) is 11.7. The first kappa shape index (κ1) is 32.5. The van der Waals surface area contributed by atoms with E-state index >= 15 is 0 Å². The molecule has 0 saturated carbocycles. The first-order valence-electron chi connectivity index (χ1n) is 14.3. The molecule has 3 heterocycles. The molecule has 11 nitrogen and oxygen atoms in total. The zero-order chi connectivity index (χ0) is 32.6. The Labute approximate surface area is 271 Å². The summed E-state index contributed by atoms with van der Waals surface area (Å²) in [5, 5.41) is 3.84. The molecule has 0 amide bonds. The Morgan fingerprint density at radius 1 is 1.07 bits per heavy atom. The predicted molar refractivity (Wildman–Crippen MR) is 177 cm³/mol. The number of thiol groups is 1. The molecule has 0 radical (unpaired) electrons. The van der Waals surface area contributed by atoms with Gasteiger partial charge in [-0.25, -0.2) is 37.5 Å². The summed E-state index contributed by atoms with van der Waals surface area (Å²) in [6.45, 7) is 2.64. The van der Waals surface area contributed by atoms with Crippen LogP contribution in [0.25, 0.3) is 16.6 Å². The van der Waals surface area contributed by atoms with Crippen molar-refractivity contribution in [3.8, 4) is 17.5 Å². The smallest absolute Gasteiger partial charge is 0.267 e. The van der Waals surface area contributed by atoms with E-state index in [0.29, 0.717) is 70.4 Å². The predicted octanol–water partition coefficient (Wildman–Crippen LogP) is 3.68. The van der Waals surface area contributed by atoms with Crippen molar-refractivity contribution in [3.05, 3.63) is 111 Å². The maximum Gasteiger partial charge on any atom is 0.267 e. The lowest BCUT2D eigenvalue weighted by molar-refractivity contribution is 0.516. The molecule has 0 bridgehead atoms. The Kier molecular flexibility index (Phi) is 10.5. The average molecular weight is 661 g/mol. The summed E-state index contributed by atoms with van der Waals surface area (Å²) >= 11 is 6.46. The largest absolute Gasteiger partial charge is 0.382 e. The summed E-state index contributed by atoms with van der Waals surface area (Å²) in [4.78, 5) is 31.0. The fraction of sp³-hybridized carbons (Fsp3) is 0.219. The minimum Gasteiger partial charge on any atom is -0.382 e. The van der Waals surface area contributed by atoms with Crippen LogP contribution in [-0.4, -0.2) is 46.0 Å². The van der Waals surface area contributed by atoms with E-state index in [4.69, 9.17) is 22.3 Å². The van der Waals surface area contributed by atoms with Gasteiger partial charge in [-0.2, -0.15) is 0 Å². The molecule has 14 heteroatoms. The minimum absolute atomic E-state index is 0.124. The first-order valence-corrected chi connectivity index (χ1v) is 15.9. The summed E-state index contributed by atoms with van der Waals surface area (Å²) in [6.07, 6.45) is 4.14. The molecule has 5 aromatic rings. The average Bonchev–Trinajstić information content (AvgIpc) is 3.03. The van der Waals surface area contributed by atoms with Gasteiger partial charge in [0, 0.05) is 19.5 Å². The quantitative estimate of drug-likeness (QED) is 0.123. The second-order valence-electron chi connectivity index (χ2n) is 10.5. The van der Waals surface area contributed by atoms with Gasteiger partial charge in [-0.15, -0.1) is 0 Å². The van der Waals surface area contributed by atoms with Crippen LogP contribution in [-0.2, 0) is 23.7 Å². The lowest BCUT2D eigenvalue weighted by Crippen LogP contribution is -2.26. The van der Waals surface area contributed by atoms with E-state index in [2.05, 4.69) is 36.8 Å². The SMILES string of the molecule is CC(CCc1cccc(-n2c(CCNc3ncnc(N)c3C#Cc3ccc(F)cn3)nc3cccc(Cl)c3c2=O)c1)CN[SH](=O)=O. The molecule has 0 aliphatic rings. The minimum atomic E-state index is -2.64. The van der Waals surface area contributed by atoms with Crippen molar-refractivity contribution in [2.75, 3.05) is 24.1 Å². The molecule has 0 aliphatic heterocycles.